The lowest BCUT2D eigenvalue weighted by molar-refractivity contribution is 0.291. The molecule has 14 heavy (non-hydrogen) atoms. The third kappa shape index (κ3) is 1.94. The van der Waals surface area contributed by atoms with Crippen LogP contribution in [-0.4, -0.2) is 15.0 Å². The van der Waals surface area contributed by atoms with E-state index in [1.807, 2.05) is 41.5 Å². The maximum absolute atomic E-state index is 13.9. The molecule has 1 heterocycles. The van der Waals surface area contributed by atoms with Gasteiger partial charge in [-0.1, -0.05) is 26.0 Å². The molecule has 0 radical (unpaired) electrons. The molecule has 3 nitrogen and oxygen atoms in total. The molecule has 4 heteroatoms. The highest BCUT2D eigenvalue weighted by Crippen LogP contribution is 2.25. The van der Waals surface area contributed by atoms with E-state index in [1.54, 1.807) is 0 Å². The second-order valence-corrected chi connectivity index (χ2v) is 5.56. The minimum atomic E-state index is -0.361. The molecule has 0 spiro atoms. The van der Waals surface area contributed by atoms with Crippen LogP contribution in [-0.2, 0) is 11.0 Å². The van der Waals surface area contributed by atoms with Crippen molar-refractivity contribution in [1.82, 2.24) is 15.0 Å². The molecule has 1 aromatic heterocycles. The molecule has 0 N–H and O–H groups in total. The van der Waals surface area contributed by atoms with E-state index in [0.29, 0.717) is 5.69 Å². The van der Waals surface area contributed by atoms with Crippen LogP contribution in [0.3, 0.4) is 0 Å². The molecule has 0 amide bonds. The summed E-state index contributed by atoms with van der Waals surface area (Å²) < 4.78 is 15.2. The average molecular weight is 199 g/mol. The van der Waals surface area contributed by atoms with E-state index in [-0.39, 0.29) is 16.9 Å². The van der Waals surface area contributed by atoms with Gasteiger partial charge >= 0.3 is 0 Å². The third-order valence-electron chi connectivity index (χ3n) is 1.96. The fourth-order valence-electron chi connectivity index (χ4n) is 1.16. The molecule has 0 saturated carbocycles. The summed E-state index contributed by atoms with van der Waals surface area (Å²) in [5.41, 5.74) is -0.235. The number of halogens is 1. The summed E-state index contributed by atoms with van der Waals surface area (Å²) >= 11 is 0. The molecule has 0 fully saturated rings. The van der Waals surface area contributed by atoms with Gasteiger partial charge in [-0.2, -0.15) is 4.39 Å². The van der Waals surface area contributed by atoms with Gasteiger partial charge in [0.25, 0.3) is 0 Å². The van der Waals surface area contributed by atoms with Gasteiger partial charge < -0.3 is 0 Å². The molecule has 0 aliphatic rings. The average Bonchev–Trinajstić information content (AvgIpc) is 2.26. The Kier molecular flexibility index (Phi) is 2.42. The topological polar surface area (TPSA) is 30.7 Å². The van der Waals surface area contributed by atoms with Crippen molar-refractivity contribution in [2.24, 2.45) is 0 Å². The molecular formula is C10H18FN3. The zero-order valence-electron chi connectivity index (χ0n) is 9.72. The predicted octanol–water partition coefficient (Wildman–Crippen LogP) is 2.47. The molecular weight excluding hydrogens is 181 g/mol. The lowest BCUT2D eigenvalue weighted by atomic mass is 9.92. The van der Waals surface area contributed by atoms with Gasteiger partial charge in [0.05, 0.1) is 5.54 Å². The van der Waals surface area contributed by atoms with Crippen LogP contribution in [0.2, 0.25) is 0 Å². The van der Waals surface area contributed by atoms with Crippen molar-refractivity contribution < 1.29 is 4.39 Å². The first kappa shape index (κ1) is 11.1. The fraction of sp³-hybridized carbons (Fsp3) is 0.800. The van der Waals surface area contributed by atoms with Crippen LogP contribution in [0.4, 0.5) is 4.39 Å². The minimum Gasteiger partial charge on any atom is -0.214 e. The summed E-state index contributed by atoms with van der Waals surface area (Å²) in [4.78, 5) is 0. The van der Waals surface area contributed by atoms with Gasteiger partial charge in [-0.05, 0) is 20.8 Å². The van der Waals surface area contributed by atoms with Gasteiger partial charge in [-0.3, -0.25) is 0 Å². The van der Waals surface area contributed by atoms with Crippen molar-refractivity contribution in [3.63, 3.8) is 0 Å². The standard InChI is InChI=1S/C10H18FN3/c1-9(2,3)7-8(11)14(13-12-7)10(4,5)6/h1-6H3. The van der Waals surface area contributed by atoms with E-state index in [9.17, 15) is 4.39 Å². The first-order valence-electron chi connectivity index (χ1n) is 4.76. The smallest absolute Gasteiger partial charge is 0.214 e. The van der Waals surface area contributed by atoms with Crippen molar-refractivity contribution in [1.29, 1.82) is 0 Å². The molecule has 0 bridgehead atoms. The van der Waals surface area contributed by atoms with Gasteiger partial charge in [-0.25, -0.2) is 4.68 Å². The number of rotatable bonds is 0. The van der Waals surface area contributed by atoms with Crippen molar-refractivity contribution in [3.8, 4) is 0 Å². The van der Waals surface area contributed by atoms with Crippen LogP contribution in [0.5, 0.6) is 0 Å². The second kappa shape index (κ2) is 3.04. The minimum absolute atomic E-state index is 0.298. The van der Waals surface area contributed by atoms with Crippen molar-refractivity contribution in [2.45, 2.75) is 52.5 Å². The fourth-order valence-corrected chi connectivity index (χ4v) is 1.16. The number of hydrogen-bond donors (Lipinski definition) is 0. The first-order chi connectivity index (χ1) is 6.14. The maximum atomic E-state index is 13.9. The van der Waals surface area contributed by atoms with E-state index in [1.165, 1.54) is 4.68 Å². The SMILES string of the molecule is CC(C)(C)c1nnn(C(C)(C)C)c1F. The van der Waals surface area contributed by atoms with E-state index in [2.05, 4.69) is 10.3 Å². The van der Waals surface area contributed by atoms with Crippen LogP contribution in [0.1, 0.15) is 47.2 Å². The highest BCUT2D eigenvalue weighted by atomic mass is 19.1. The maximum Gasteiger partial charge on any atom is 0.235 e. The molecule has 0 aliphatic carbocycles. The van der Waals surface area contributed by atoms with E-state index >= 15 is 0 Å². The Morgan fingerprint density at radius 2 is 1.57 bits per heavy atom. The van der Waals surface area contributed by atoms with Crippen LogP contribution < -0.4 is 0 Å². The molecule has 1 rings (SSSR count). The molecule has 0 atom stereocenters. The molecule has 1 aromatic rings. The third-order valence-corrected chi connectivity index (χ3v) is 1.96. The first-order valence-corrected chi connectivity index (χ1v) is 4.76. The van der Waals surface area contributed by atoms with E-state index < -0.39 is 0 Å². The summed E-state index contributed by atoms with van der Waals surface area (Å²) in [6.07, 6.45) is 0. The Bertz CT molecular complexity index is 297. The van der Waals surface area contributed by atoms with Crippen molar-refractivity contribution in [2.75, 3.05) is 0 Å². The number of aromatic nitrogens is 3. The molecule has 0 saturated heterocycles. The summed E-state index contributed by atoms with van der Waals surface area (Å²) in [6, 6.07) is 0. The molecule has 0 aromatic carbocycles. The Labute approximate surface area is 84.3 Å². The number of nitrogens with zero attached hydrogens (tertiary/aromatic N) is 3. The Morgan fingerprint density at radius 3 is 1.79 bits per heavy atom. The summed E-state index contributed by atoms with van der Waals surface area (Å²) in [6.45, 7) is 11.5. The van der Waals surface area contributed by atoms with Crippen molar-refractivity contribution >= 4 is 0 Å². The molecule has 0 unspecified atom stereocenters. The predicted molar refractivity (Wildman–Crippen MR) is 53.7 cm³/mol. The number of hydrogen-bond acceptors (Lipinski definition) is 2. The summed E-state index contributed by atoms with van der Waals surface area (Å²) in [5, 5.41) is 7.74. The normalized spacial score (nSPS) is 13.4. The second-order valence-electron chi connectivity index (χ2n) is 5.56. The summed E-state index contributed by atoms with van der Waals surface area (Å²) in [7, 11) is 0. The van der Waals surface area contributed by atoms with Gasteiger partial charge in [0.2, 0.25) is 5.95 Å². The Balaban J connectivity index is 3.23. The van der Waals surface area contributed by atoms with Gasteiger partial charge in [0.15, 0.2) is 0 Å². The van der Waals surface area contributed by atoms with Crippen LogP contribution in [0.15, 0.2) is 0 Å². The zero-order chi connectivity index (χ0) is 11.1. The molecule has 0 aliphatic heterocycles. The van der Waals surface area contributed by atoms with Crippen molar-refractivity contribution in [3.05, 3.63) is 11.6 Å². The molecule has 80 valence electrons. The van der Waals surface area contributed by atoms with Crippen LogP contribution in [0.25, 0.3) is 0 Å². The zero-order valence-corrected chi connectivity index (χ0v) is 9.72. The quantitative estimate of drug-likeness (QED) is 0.642. The van der Waals surface area contributed by atoms with Gasteiger partial charge in [0.1, 0.15) is 5.69 Å². The van der Waals surface area contributed by atoms with Crippen LogP contribution in [0, 0.1) is 5.95 Å². The lowest BCUT2D eigenvalue weighted by Gasteiger charge is -2.19. The Hall–Kier alpha value is -0.930. The van der Waals surface area contributed by atoms with E-state index in [4.69, 9.17) is 0 Å². The summed E-state index contributed by atoms with van der Waals surface area (Å²) in [5.74, 6) is -0.329. The lowest BCUT2D eigenvalue weighted by Crippen LogP contribution is -2.26. The van der Waals surface area contributed by atoms with Gasteiger partial charge in [-0.15, -0.1) is 5.10 Å². The van der Waals surface area contributed by atoms with Crippen LogP contribution >= 0.6 is 0 Å². The Morgan fingerprint density at radius 1 is 1.07 bits per heavy atom. The van der Waals surface area contributed by atoms with Gasteiger partial charge in [0, 0.05) is 5.41 Å². The van der Waals surface area contributed by atoms with E-state index in [0.717, 1.165) is 0 Å². The highest BCUT2D eigenvalue weighted by Gasteiger charge is 2.28. The largest absolute Gasteiger partial charge is 0.235 e. The monoisotopic (exact) mass is 199 g/mol. The highest BCUT2D eigenvalue weighted by molar-refractivity contribution is 5.09.